The molecule has 1 saturated carbocycles. The fourth-order valence-electron chi connectivity index (χ4n) is 3.41. The molecule has 3 rings (SSSR count). The highest BCUT2D eigenvalue weighted by Gasteiger charge is 2.40. The molecule has 0 radical (unpaired) electrons. The van der Waals surface area contributed by atoms with Crippen LogP contribution in [-0.2, 0) is 5.41 Å². The van der Waals surface area contributed by atoms with Crippen molar-refractivity contribution in [3.63, 3.8) is 0 Å². The van der Waals surface area contributed by atoms with Crippen LogP contribution in [-0.4, -0.2) is 21.6 Å². The molecule has 1 unspecified atom stereocenters. The number of thiocarbonyl (C=S) groups is 2. The van der Waals surface area contributed by atoms with Crippen molar-refractivity contribution in [3.8, 4) is 5.75 Å². The molecule has 0 aliphatic heterocycles. The maximum atomic E-state index is 5.87. The summed E-state index contributed by atoms with van der Waals surface area (Å²) in [6.45, 7) is 2.65. The van der Waals surface area contributed by atoms with Gasteiger partial charge in [0.15, 0.2) is 0 Å². The number of benzene rings is 1. The predicted molar refractivity (Wildman–Crippen MR) is 113 cm³/mol. The Bertz CT molecular complexity index is 908. The Labute approximate surface area is 164 Å². The molecule has 4 heteroatoms. The lowest BCUT2D eigenvalue weighted by atomic mass is 9.63. The second-order valence-electron chi connectivity index (χ2n) is 6.28. The van der Waals surface area contributed by atoms with E-state index in [2.05, 4.69) is 34.1 Å². The molecule has 1 aromatic carbocycles. The van der Waals surface area contributed by atoms with Crippen LogP contribution in [0.2, 0.25) is 0 Å². The molecule has 0 bridgehead atoms. The Morgan fingerprint density at radius 1 is 1.12 bits per heavy atom. The zero-order valence-electron chi connectivity index (χ0n) is 14.6. The van der Waals surface area contributed by atoms with Gasteiger partial charge in [0.25, 0.3) is 0 Å². The fraction of sp³-hybridized carbons (Fsp3) is 0.227. The number of para-hydroxylation sites is 1. The maximum Gasteiger partial charge on any atom is 0.119 e. The molecule has 130 valence electrons. The highest BCUT2D eigenvalue weighted by molar-refractivity contribution is 7.78. The first-order valence-corrected chi connectivity index (χ1v) is 9.29. The third-order valence-electron chi connectivity index (χ3n) is 4.88. The molecule has 0 amide bonds. The van der Waals surface area contributed by atoms with Gasteiger partial charge in [-0.15, -0.1) is 0 Å². The molecule has 1 aromatic heterocycles. The van der Waals surface area contributed by atoms with E-state index >= 15 is 0 Å². The number of rotatable bonds is 4. The number of nitrogens with zero attached hydrogens (tertiary/aromatic N) is 1. The van der Waals surface area contributed by atoms with Gasteiger partial charge in [0, 0.05) is 29.0 Å². The molecular formula is C22H19NOS2. The lowest BCUT2D eigenvalue weighted by molar-refractivity contribution is 0.359. The molecule has 1 aliphatic rings. The Hall–Kier alpha value is -2.35. The van der Waals surface area contributed by atoms with Crippen molar-refractivity contribution in [3.05, 3.63) is 83.2 Å². The van der Waals surface area contributed by atoms with Crippen molar-refractivity contribution in [1.82, 2.24) is 4.98 Å². The van der Waals surface area contributed by atoms with Crippen molar-refractivity contribution in [1.29, 1.82) is 0 Å². The average molecular weight is 378 g/mol. The van der Waals surface area contributed by atoms with Gasteiger partial charge in [-0.25, -0.2) is 0 Å². The molecule has 1 atom stereocenters. The van der Waals surface area contributed by atoms with Crippen molar-refractivity contribution < 1.29 is 4.74 Å². The minimum Gasteiger partial charge on any atom is -0.490 e. The normalized spacial score (nSPS) is 21.2. The van der Waals surface area contributed by atoms with Crippen LogP contribution >= 0.6 is 24.4 Å². The number of pyridine rings is 1. The molecule has 1 aliphatic carbocycles. The highest BCUT2D eigenvalue weighted by atomic mass is 32.1. The minimum atomic E-state index is -0.421. The van der Waals surface area contributed by atoms with Crippen molar-refractivity contribution >= 4 is 34.5 Å². The highest BCUT2D eigenvalue weighted by Crippen LogP contribution is 2.47. The van der Waals surface area contributed by atoms with E-state index in [9.17, 15) is 0 Å². The lowest BCUT2D eigenvalue weighted by Gasteiger charge is -2.38. The minimum absolute atomic E-state index is 0.421. The molecule has 1 heterocycles. The maximum absolute atomic E-state index is 5.87. The van der Waals surface area contributed by atoms with Gasteiger partial charge in [-0.3, -0.25) is 4.98 Å². The number of hydrogen-bond acceptors (Lipinski definition) is 4. The smallest absolute Gasteiger partial charge is 0.119 e. The van der Waals surface area contributed by atoms with Crippen LogP contribution in [0, 0.1) is 0 Å². The molecule has 26 heavy (non-hydrogen) atoms. The van der Waals surface area contributed by atoms with Gasteiger partial charge < -0.3 is 4.74 Å². The van der Waals surface area contributed by atoms with Gasteiger partial charge in [0.2, 0.25) is 0 Å². The summed E-state index contributed by atoms with van der Waals surface area (Å²) in [6, 6.07) is 13.8. The summed E-state index contributed by atoms with van der Waals surface area (Å²) in [5, 5.41) is 5.84. The predicted octanol–water partition coefficient (Wildman–Crippen LogP) is 5.19. The van der Waals surface area contributed by atoms with E-state index < -0.39 is 5.41 Å². The SMILES string of the molecule is CC1(c2cccnc2)C(=C=S)C(=C=S)CCC1=CCOc1ccccc1. The van der Waals surface area contributed by atoms with E-state index in [0.717, 1.165) is 35.3 Å². The molecule has 0 N–H and O–H groups in total. The number of allylic oxidation sites excluding steroid dienone is 3. The summed E-state index contributed by atoms with van der Waals surface area (Å²) < 4.78 is 5.87. The van der Waals surface area contributed by atoms with Gasteiger partial charge >= 0.3 is 0 Å². The summed E-state index contributed by atoms with van der Waals surface area (Å²) in [4.78, 5) is 4.30. The van der Waals surface area contributed by atoms with Crippen LogP contribution in [0.4, 0.5) is 0 Å². The third-order valence-corrected chi connectivity index (χ3v) is 5.33. The third kappa shape index (κ3) is 3.60. The van der Waals surface area contributed by atoms with Crippen LogP contribution in [0.3, 0.4) is 0 Å². The fourth-order valence-corrected chi connectivity index (χ4v) is 3.94. The zero-order valence-corrected chi connectivity index (χ0v) is 16.2. The summed E-state index contributed by atoms with van der Waals surface area (Å²) in [5.41, 5.74) is 3.76. The van der Waals surface area contributed by atoms with Crippen molar-refractivity contribution in [2.24, 2.45) is 0 Å². The lowest BCUT2D eigenvalue weighted by Crippen LogP contribution is -2.33. The van der Waals surface area contributed by atoms with Crippen LogP contribution < -0.4 is 4.74 Å². The topological polar surface area (TPSA) is 22.1 Å². The van der Waals surface area contributed by atoms with E-state index in [-0.39, 0.29) is 0 Å². The molecule has 2 aromatic rings. The van der Waals surface area contributed by atoms with Gasteiger partial charge in [-0.1, -0.05) is 29.8 Å². The first-order valence-electron chi connectivity index (χ1n) is 8.48. The zero-order chi connectivity index (χ0) is 18.4. The number of hydrogen-bond donors (Lipinski definition) is 0. The van der Waals surface area contributed by atoms with E-state index in [1.165, 1.54) is 5.57 Å². The monoisotopic (exact) mass is 377 g/mol. The molecule has 2 nitrogen and oxygen atoms in total. The molecular weight excluding hydrogens is 358 g/mol. The molecule has 1 fully saturated rings. The Morgan fingerprint density at radius 3 is 2.58 bits per heavy atom. The Balaban J connectivity index is 1.98. The van der Waals surface area contributed by atoms with E-state index in [4.69, 9.17) is 29.2 Å². The average Bonchev–Trinajstić information content (AvgIpc) is 2.70. The second-order valence-corrected chi connectivity index (χ2v) is 6.69. The summed E-state index contributed by atoms with van der Waals surface area (Å²) in [5.74, 6) is 0.855. The molecule has 0 spiro atoms. The van der Waals surface area contributed by atoms with Crippen LogP contribution in [0.1, 0.15) is 25.3 Å². The van der Waals surface area contributed by atoms with Gasteiger partial charge in [-0.05, 0) is 84.1 Å². The van der Waals surface area contributed by atoms with Crippen LogP contribution in [0.5, 0.6) is 5.75 Å². The van der Waals surface area contributed by atoms with Gasteiger partial charge in [-0.2, -0.15) is 0 Å². The number of ether oxygens (including phenoxy) is 1. The Kier molecular flexibility index (Phi) is 5.92. The molecule has 0 saturated heterocycles. The summed E-state index contributed by atoms with van der Waals surface area (Å²) >= 11 is 10.3. The second kappa shape index (κ2) is 8.35. The van der Waals surface area contributed by atoms with Crippen molar-refractivity contribution in [2.45, 2.75) is 25.2 Å². The first kappa shape index (κ1) is 18.4. The van der Waals surface area contributed by atoms with Gasteiger partial charge in [0.1, 0.15) is 12.4 Å². The van der Waals surface area contributed by atoms with E-state index in [1.807, 2.05) is 42.6 Å². The summed E-state index contributed by atoms with van der Waals surface area (Å²) in [7, 11) is 0. The largest absolute Gasteiger partial charge is 0.490 e. The standard InChI is InChI=1S/C22H19NOS2/c1-22(19-6-5-12-23-14-19)18(10-9-17(15-25)21(22)16-26)11-13-24-20-7-3-2-4-8-20/h2-8,11-12,14H,9-10,13H2,1H3. The van der Waals surface area contributed by atoms with Crippen LogP contribution in [0.15, 0.2) is 77.7 Å². The van der Waals surface area contributed by atoms with Gasteiger partial charge in [0.05, 0.1) is 0 Å². The van der Waals surface area contributed by atoms with E-state index in [0.29, 0.717) is 6.61 Å². The number of aromatic nitrogens is 1. The van der Waals surface area contributed by atoms with E-state index in [1.54, 1.807) is 6.20 Å². The van der Waals surface area contributed by atoms with Crippen LogP contribution in [0.25, 0.3) is 0 Å². The summed E-state index contributed by atoms with van der Waals surface area (Å²) in [6.07, 6.45) is 7.49. The Morgan fingerprint density at radius 2 is 1.92 bits per heavy atom. The van der Waals surface area contributed by atoms with Crippen molar-refractivity contribution in [2.75, 3.05) is 6.61 Å². The first-order chi connectivity index (χ1) is 12.7. The quantitative estimate of drug-likeness (QED) is 0.540.